The summed E-state index contributed by atoms with van der Waals surface area (Å²) in [6.45, 7) is 0.413. The van der Waals surface area contributed by atoms with Crippen LogP contribution in [0.15, 0.2) is 29.4 Å². The molecule has 8 nitrogen and oxygen atoms in total. The number of methoxy groups -OCH3 is 1. The van der Waals surface area contributed by atoms with Gasteiger partial charge in [0, 0.05) is 18.0 Å². The molecule has 0 aliphatic carbocycles. The van der Waals surface area contributed by atoms with Gasteiger partial charge in [-0.3, -0.25) is 9.59 Å². The molecule has 0 aliphatic heterocycles. The lowest BCUT2D eigenvalue weighted by Gasteiger charge is -2.05. The number of ether oxygens (including phenoxy) is 1. The molecular weight excluding hydrogens is 354 g/mol. The fourth-order valence-electron chi connectivity index (χ4n) is 1.76. The lowest BCUT2D eigenvalue weighted by molar-refractivity contribution is -0.140. The fraction of sp³-hybridized carbons (Fsp3) is 0.357. The molecule has 2 rings (SSSR count). The van der Waals surface area contributed by atoms with Crippen molar-refractivity contribution >= 4 is 35.2 Å². The van der Waals surface area contributed by atoms with Crippen LogP contribution in [0.25, 0.3) is 5.69 Å². The van der Waals surface area contributed by atoms with Crippen LogP contribution in [0, 0.1) is 0 Å². The Morgan fingerprint density at radius 3 is 2.79 bits per heavy atom. The first kappa shape index (κ1) is 18.2. The van der Waals surface area contributed by atoms with Crippen molar-refractivity contribution < 1.29 is 14.3 Å². The minimum Gasteiger partial charge on any atom is -0.469 e. The van der Waals surface area contributed by atoms with Gasteiger partial charge in [-0.05, 0) is 41.1 Å². The summed E-state index contributed by atoms with van der Waals surface area (Å²) in [5.74, 6) is -0.275. The highest BCUT2D eigenvalue weighted by molar-refractivity contribution is 7.99. The average Bonchev–Trinajstić information content (AvgIpc) is 3.05. The number of aromatic nitrogens is 4. The molecule has 2 aromatic rings. The number of esters is 1. The smallest absolute Gasteiger partial charge is 0.305 e. The van der Waals surface area contributed by atoms with Gasteiger partial charge in [-0.15, -0.1) is 5.10 Å². The number of nitrogens with one attached hydrogen (secondary N) is 1. The number of rotatable bonds is 8. The fourth-order valence-corrected chi connectivity index (χ4v) is 2.60. The third-order valence-electron chi connectivity index (χ3n) is 2.95. The second kappa shape index (κ2) is 9.24. The number of carbonyl (C=O) groups excluding carboxylic acids is 2. The SMILES string of the molecule is COC(=O)CCCNC(=O)CSc1nnnn1-c1ccc(Cl)cc1. The Hall–Kier alpha value is -2.13. The van der Waals surface area contributed by atoms with E-state index in [1.54, 1.807) is 24.3 Å². The maximum Gasteiger partial charge on any atom is 0.305 e. The van der Waals surface area contributed by atoms with Crippen molar-refractivity contribution in [3.05, 3.63) is 29.3 Å². The van der Waals surface area contributed by atoms with E-state index in [4.69, 9.17) is 11.6 Å². The van der Waals surface area contributed by atoms with E-state index in [0.29, 0.717) is 23.1 Å². The molecule has 24 heavy (non-hydrogen) atoms. The van der Waals surface area contributed by atoms with Crippen molar-refractivity contribution in [1.82, 2.24) is 25.5 Å². The zero-order valence-corrected chi connectivity index (χ0v) is 14.5. The molecule has 0 bridgehead atoms. The second-order valence-corrected chi connectivity index (χ2v) is 6.05. The summed E-state index contributed by atoms with van der Waals surface area (Å²) in [7, 11) is 1.34. The molecule has 0 saturated carbocycles. The summed E-state index contributed by atoms with van der Waals surface area (Å²) in [6.07, 6.45) is 0.810. The van der Waals surface area contributed by atoms with Gasteiger partial charge in [-0.2, -0.15) is 4.68 Å². The number of carbonyl (C=O) groups is 2. The highest BCUT2D eigenvalue weighted by Gasteiger charge is 2.11. The Kier molecular flexibility index (Phi) is 7.01. The van der Waals surface area contributed by atoms with Crippen molar-refractivity contribution in [3.8, 4) is 5.69 Å². The maximum atomic E-state index is 11.8. The van der Waals surface area contributed by atoms with E-state index in [9.17, 15) is 9.59 Å². The summed E-state index contributed by atoms with van der Waals surface area (Å²) in [6, 6.07) is 7.05. The highest BCUT2D eigenvalue weighted by atomic mass is 35.5. The van der Waals surface area contributed by atoms with Gasteiger partial charge < -0.3 is 10.1 Å². The summed E-state index contributed by atoms with van der Waals surface area (Å²) >= 11 is 7.08. The molecule has 0 radical (unpaired) electrons. The molecular formula is C14H16ClN5O3S. The van der Waals surface area contributed by atoms with Gasteiger partial charge >= 0.3 is 5.97 Å². The molecule has 0 unspecified atom stereocenters. The molecule has 10 heteroatoms. The molecule has 0 aliphatic rings. The summed E-state index contributed by atoms with van der Waals surface area (Å²) in [4.78, 5) is 22.8. The van der Waals surface area contributed by atoms with Gasteiger partial charge in [-0.1, -0.05) is 23.4 Å². The molecule has 1 heterocycles. The Morgan fingerprint density at radius 1 is 1.33 bits per heavy atom. The number of nitrogens with zero attached hydrogens (tertiary/aromatic N) is 4. The van der Waals surface area contributed by atoms with Gasteiger partial charge in [0.15, 0.2) is 0 Å². The van der Waals surface area contributed by atoms with Gasteiger partial charge in [0.2, 0.25) is 11.1 Å². The number of hydrogen-bond donors (Lipinski definition) is 1. The van der Waals surface area contributed by atoms with Crippen LogP contribution in [-0.4, -0.2) is 51.5 Å². The standard InChI is InChI=1S/C14H16ClN5O3S/c1-23-13(22)3-2-8-16-12(21)9-24-14-17-18-19-20(14)11-6-4-10(15)5-7-11/h4-7H,2-3,8-9H2,1H3,(H,16,21). The first-order valence-electron chi connectivity index (χ1n) is 7.11. The van der Waals surface area contributed by atoms with Crippen LogP contribution in [0.3, 0.4) is 0 Å². The van der Waals surface area contributed by atoms with Crippen LogP contribution >= 0.6 is 23.4 Å². The van der Waals surface area contributed by atoms with Gasteiger partial charge in [0.05, 0.1) is 18.6 Å². The van der Waals surface area contributed by atoms with Gasteiger partial charge in [0.1, 0.15) is 0 Å². The largest absolute Gasteiger partial charge is 0.469 e. The molecule has 0 atom stereocenters. The second-order valence-electron chi connectivity index (χ2n) is 4.67. The number of hydrogen-bond acceptors (Lipinski definition) is 7. The number of thioether (sulfide) groups is 1. The lowest BCUT2D eigenvalue weighted by Crippen LogP contribution is -2.26. The summed E-state index contributed by atoms with van der Waals surface area (Å²) < 4.78 is 6.06. The van der Waals surface area contributed by atoms with Crippen LogP contribution in [-0.2, 0) is 14.3 Å². The molecule has 1 aromatic carbocycles. The van der Waals surface area contributed by atoms with Crippen LogP contribution in [0.2, 0.25) is 5.02 Å². The van der Waals surface area contributed by atoms with E-state index in [1.165, 1.54) is 23.6 Å². The predicted octanol–water partition coefficient (Wildman–Crippen LogP) is 1.48. The molecule has 1 N–H and O–H groups in total. The third-order valence-corrected chi connectivity index (χ3v) is 4.12. The van der Waals surface area contributed by atoms with Crippen LogP contribution in [0.4, 0.5) is 0 Å². The van der Waals surface area contributed by atoms with E-state index < -0.39 is 0 Å². The Bertz CT molecular complexity index is 692. The quantitative estimate of drug-likeness (QED) is 0.427. The molecule has 0 fully saturated rings. The number of benzene rings is 1. The minimum atomic E-state index is -0.291. The molecule has 1 aromatic heterocycles. The normalized spacial score (nSPS) is 10.4. The van der Waals surface area contributed by atoms with Crippen molar-refractivity contribution in [2.75, 3.05) is 19.4 Å². The van der Waals surface area contributed by atoms with Crippen LogP contribution in [0.5, 0.6) is 0 Å². The van der Waals surface area contributed by atoms with Crippen LogP contribution in [0.1, 0.15) is 12.8 Å². The summed E-state index contributed by atoms with van der Waals surface area (Å²) in [5, 5.41) is 15.3. The molecule has 0 spiro atoms. The van der Waals surface area contributed by atoms with E-state index in [-0.39, 0.29) is 24.1 Å². The Labute approximate surface area is 147 Å². The zero-order chi connectivity index (χ0) is 17.4. The highest BCUT2D eigenvalue weighted by Crippen LogP contribution is 2.19. The first-order valence-corrected chi connectivity index (χ1v) is 8.47. The van der Waals surface area contributed by atoms with E-state index in [0.717, 1.165) is 5.69 Å². The van der Waals surface area contributed by atoms with E-state index in [1.807, 2.05) is 0 Å². The van der Waals surface area contributed by atoms with E-state index >= 15 is 0 Å². The van der Waals surface area contributed by atoms with Crippen molar-refractivity contribution in [3.63, 3.8) is 0 Å². The topological polar surface area (TPSA) is 99.0 Å². The Morgan fingerprint density at radius 2 is 2.08 bits per heavy atom. The number of tetrazole rings is 1. The zero-order valence-electron chi connectivity index (χ0n) is 12.9. The average molecular weight is 370 g/mol. The predicted molar refractivity (Wildman–Crippen MR) is 89.1 cm³/mol. The third kappa shape index (κ3) is 5.50. The van der Waals surface area contributed by atoms with Crippen molar-refractivity contribution in [2.24, 2.45) is 0 Å². The van der Waals surface area contributed by atoms with Gasteiger partial charge in [0.25, 0.3) is 0 Å². The lowest BCUT2D eigenvalue weighted by atomic mass is 10.3. The number of amides is 1. The van der Waals surface area contributed by atoms with Gasteiger partial charge in [-0.25, -0.2) is 0 Å². The van der Waals surface area contributed by atoms with Crippen molar-refractivity contribution in [1.29, 1.82) is 0 Å². The maximum absolute atomic E-state index is 11.8. The van der Waals surface area contributed by atoms with E-state index in [2.05, 4.69) is 25.6 Å². The number of halogens is 1. The van der Waals surface area contributed by atoms with Crippen molar-refractivity contribution in [2.45, 2.75) is 18.0 Å². The Balaban J connectivity index is 1.80. The molecule has 128 valence electrons. The molecule has 0 saturated heterocycles. The molecule has 1 amide bonds. The van der Waals surface area contributed by atoms with Crippen LogP contribution < -0.4 is 5.32 Å². The minimum absolute atomic E-state index is 0.157. The summed E-state index contributed by atoms with van der Waals surface area (Å²) in [5.41, 5.74) is 0.755. The monoisotopic (exact) mass is 369 g/mol. The first-order chi connectivity index (χ1) is 11.6.